The van der Waals surface area contributed by atoms with Gasteiger partial charge in [-0.1, -0.05) is 23.8 Å². The van der Waals surface area contributed by atoms with Gasteiger partial charge >= 0.3 is 0 Å². The molecule has 0 aliphatic heterocycles. The molecule has 1 rings (SSSR count). The molecule has 0 spiro atoms. The Kier molecular flexibility index (Phi) is 4.26. The second-order valence-electron chi connectivity index (χ2n) is 2.33. The van der Waals surface area contributed by atoms with Crippen LogP contribution in [0.3, 0.4) is 0 Å². The van der Waals surface area contributed by atoms with Gasteiger partial charge < -0.3 is 0 Å². The Bertz CT molecular complexity index is 251. The molecule has 0 fully saturated rings. The maximum atomic E-state index is 5.75. The molecule has 0 aliphatic carbocycles. The molecule has 0 atom stereocenters. The van der Waals surface area contributed by atoms with Gasteiger partial charge in [0.05, 0.1) is 0 Å². The summed E-state index contributed by atoms with van der Waals surface area (Å²) in [5, 5.41) is 0.797. The molecular formula is C10H11ClS. The Balaban J connectivity index is 2.47. The molecule has 0 N–H and O–H groups in total. The largest absolute Gasteiger partial charge is 0.122 e. The third kappa shape index (κ3) is 3.33. The highest BCUT2D eigenvalue weighted by Gasteiger charge is 1.90. The Morgan fingerprint density at radius 3 is 2.58 bits per heavy atom. The average molecular weight is 199 g/mol. The zero-order valence-electron chi connectivity index (χ0n) is 6.96. The zero-order valence-corrected chi connectivity index (χ0v) is 8.53. The quantitative estimate of drug-likeness (QED) is 0.523. The Labute approximate surface area is 82.6 Å². The second kappa shape index (κ2) is 5.28. The summed E-state index contributed by atoms with van der Waals surface area (Å²) in [6.45, 7) is 2.03. The molecule has 12 heavy (non-hydrogen) atoms. The van der Waals surface area contributed by atoms with Crippen LogP contribution in [0.4, 0.5) is 0 Å². The van der Waals surface area contributed by atoms with Crippen molar-refractivity contribution in [1.82, 2.24) is 0 Å². The highest BCUT2D eigenvalue weighted by Crippen LogP contribution is 2.19. The summed E-state index contributed by atoms with van der Waals surface area (Å²) in [7, 11) is 0. The van der Waals surface area contributed by atoms with E-state index in [1.54, 1.807) is 0 Å². The van der Waals surface area contributed by atoms with E-state index in [0.717, 1.165) is 10.8 Å². The SMILES string of the molecule is C/C=C/CSc1ccc(Cl)cc1. The lowest BCUT2D eigenvalue weighted by molar-refractivity contribution is 1.46. The second-order valence-corrected chi connectivity index (χ2v) is 3.86. The molecule has 64 valence electrons. The van der Waals surface area contributed by atoms with Crippen LogP contribution < -0.4 is 0 Å². The number of hydrogen-bond acceptors (Lipinski definition) is 1. The van der Waals surface area contributed by atoms with Crippen LogP contribution in [0.15, 0.2) is 41.3 Å². The molecule has 1 aromatic carbocycles. The van der Waals surface area contributed by atoms with Gasteiger partial charge in [0, 0.05) is 15.7 Å². The van der Waals surface area contributed by atoms with Crippen molar-refractivity contribution in [2.75, 3.05) is 5.75 Å². The van der Waals surface area contributed by atoms with E-state index in [1.807, 2.05) is 43.0 Å². The lowest BCUT2D eigenvalue weighted by Crippen LogP contribution is -1.72. The lowest BCUT2D eigenvalue weighted by Gasteiger charge is -1.96. The first-order valence-corrected chi connectivity index (χ1v) is 5.19. The van der Waals surface area contributed by atoms with E-state index in [-0.39, 0.29) is 0 Å². The van der Waals surface area contributed by atoms with Gasteiger partial charge in [-0.2, -0.15) is 0 Å². The first kappa shape index (κ1) is 9.69. The van der Waals surface area contributed by atoms with E-state index in [1.165, 1.54) is 4.90 Å². The summed E-state index contributed by atoms with van der Waals surface area (Å²) in [6, 6.07) is 7.91. The number of halogens is 1. The van der Waals surface area contributed by atoms with Crippen molar-refractivity contribution < 1.29 is 0 Å². The first-order valence-electron chi connectivity index (χ1n) is 3.82. The van der Waals surface area contributed by atoms with Crippen molar-refractivity contribution in [3.8, 4) is 0 Å². The van der Waals surface area contributed by atoms with Gasteiger partial charge in [0.2, 0.25) is 0 Å². The number of thioether (sulfide) groups is 1. The molecule has 0 saturated carbocycles. The van der Waals surface area contributed by atoms with Crippen LogP contribution >= 0.6 is 23.4 Å². The van der Waals surface area contributed by atoms with Crippen LogP contribution in [0.25, 0.3) is 0 Å². The predicted octanol–water partition coefficient (Wildman–Crippen LogP) is 4.01. The molecule has 0 unspecified atom stereocenters. The minimum atomic E-state index is 0.797. The topological polar surface area (TPSA) is 0 Å². The Morgan fingerprint density at radius 2 is 2.00 bits per heavy atom. The zero-order chi connectivity index (χ0) is 8.81. The third-order valence-electron chi connectivity index (χ3n) is 1.40. The van der Waals surface area contributed by atoms with Crippen molar-refractivity contribution in [3.05, 3.63) is 41.4 Å². The highest BCUT2D eigenvalue weighted by molar-refractivity contribution is 7.99. The van der Waals surface area contributed by atoms with Crippen molar-refractivity contribution in [3.63, 3.8) is 0 Å². The van der Waals surface area contributed by atoms with Gasteiger partial charge in [-0.3, -0.25) is 0 Å². The standard InChI is InChI=1S/C10H11ClS/c1-2-3-8-12-10-6-4-9(11)5-7-10/h2-7H,8H2,1H3/b3-2+. The number of hydrogen-bond donors (Lipinski definition) is 0. The highest BCUT2D eigenvalue weighted by atomic mass is 35.5. The minimum Gasteiger partial charge on any atom is -0.122 e. The summed E-state index contributed by atoms with van der Waals surface area (Å²) < 4.78 is 0. The molecule has 0 aliphatic rings. The van der Waals surface area contributed by atoms with E-state index in [4.69, 9.17) is 11.6 Å². The number of allylic oxidation sites excluding steroid dienone is 1. The Morgan fingerprint density at radius 1 is 1.33 bits per heavy atom. The van der Waals surface area contributed by atoms with Gasteiger partial charge in [-0.05, 0) is 31.2 Å². The van der Waals surface area contributed by atoms with E-state index < -0.39 is 0 Å². The lowest BCUT2D eigenvalue weighted by atomic mass is 10.4. The monoisotopic (exact) mass is 198 g/mol. The van der Waals surface area contributed by atoms with E-state index in [0.29, 0.717) is 0 Å². The molecule has 0 saturated heterocycles. The number of rotatable bonds is 3. The fourth-order valence-corrected chi connectivity index (χ4v) is 1.71. The summed E-state index contributed by atoms with van der Waals surface area (Å²) in [6.07, 6.45) is 4.20. The average Bonchev–Trinajstić information content (AvgIpc) is 2.09. The molecule has 0 radical (unpaired) electrons. The fourth-order valence-electron chi connectivity index (χ4n) is 0.771. The summed E-state index contributed by atoms with van der Waals surface area (Å²) >= 11 is 7.56. The van der Waals surface area contributed by atoms with Gasteiger partial charge in [0.15, 0.2) is 0 Å². The summed E-state index contributed by atoms with van der Waals surface area (Å²) in [4.78, 5) is 1.26. The predicted molar refractivity (Wildman–Crippen MR) is 57.0 cm³/mol. The van der Waals surface area contributed by atoms with Crippen LogP contribution in [0.1, 0.15) is 6.92 Å². The van der Waals surface area contributed by atoms with E-state index in [9.17, 15) is 0 Å². The smallest absolute Gasteiger partial charge is 0.0406 e. The molecule has 2 heteroatoms. The summed E-state index contributed by atoms with van der Waals surface area (Å²) in [5.74, 6) is 1.03. The molecule has 0 heterocycles. The van der Waals surface area contributed by atoms with Crippen LogP contribution in [-0.4, -0.2) is 5.75 Å². The van der Waals surface area contributed by atoms with Gasteiger partial charge in [-0.25, -0.2) is 0 Å². The van der Waals surface area contributed by atoms with Gasteiger partial charge in [0.1, 0.15) is 0 Å². The fraction of sp³-hybridized carbons (Fsp3) is 0.200. The van der Waals surface area contributed by atoms with Crippen LogP contribution in [0.5, 0.6) is 0 Å². The molecular weight excluding hydrogens is 188 g/mol. The molecule has 0 nitrogen and oxygen atoms in total. The first-order chi connectivity index (χ1) is 5.83. The van der Waals surface area contributed by atoms with Crippen LogP contribution in [0, 0.1) is 0 Å². The normalized spacial score (nSPS) is 10.8. The van der Waals surface area contributed by atoms with Crippen molar-refractivity contribution in [2.45, 2.75) is 11.8 Å². The Hall–Kier alpha value is -0.400. The van der Waals surface area contributed by atoms with E-state index in [2.05, 4.69) is 12.2 Å². The van der Waals surface area contributed by atoms with Gasteiger partial charge in [-0.15, -0.1) is 11.8 Å². The van der Waals surface area contributed by atoms with Crippen molar-refractivity contribution in [2.24, 2.45) is 0 Å². The third-order valence-corrected chi connectivity index (χ3v) is 2.61. The minimum absolute atomic E-state index is 0.797. The maximum Gasteiger partial charge on any atom is 0.0406 e. The molecule has 0 bridgehead atoms. The van der Waals surface area contributed by atoms with E-state index >= 15 is 0 Å². The molecule has 0 aromatic heterocycles. The van der Waals surface area contributed by atoms with Crippen molar-refractivity contribution in [1.29, 1.82) is 0 Å². The maximum absolute atomic E-state index is 5.75. The van der Waals surface area contributed by atoms with Crippen LogP contribution in [0.2, 0.25) is 5.02 Å². The van der Waals surface area contributed by atoms with Gasteiger partial charge in [0.25, 0.3) is 0 Å². The molecule has 0 amide bonds. The van der Waals surface area contributed by atoms with Crippen molar-refractivity contribution >= 4 is 23.4 Å². The van der Waals surface area contributed by atoms with Crippen LogP contribution in [-0.2, 0) is 0 Å². The summed E-state index contributed by atoms with van der Waals surface area (Å²) in [5.41, 5.74) is 0. The number of benzene rings is 1. The molecule has 1 aromatic rings.